The molecule has 0 aromatic carbocycles. The van der Waals surface area contributed by atoms with Crippen molar-refractivity contribution in [3.05, 3.63) is 34.3 Å². The van der Waals surface area contributed by atoms with Crippen LogP contribution in [-0.4, -0.2) is 16.9 Å². The van der Waals surface area contributed by atoms with Gasteiger partial charge in [-0.3, -0.25) is 4.68 Å². The van der Waals surface area contributed by atoms with Crippen LogP contribution < -0.4 is 10.5 Å². The monoisotopic (exact) mass is 223 g/mol. The summed E-state index contributed by atoms with van der Waals surface area (Å²) in [6.45, 7) is 0. The molecule has 0 aliphatic heterocycles. The van der Waals surface area contributed by atoms with Crippen LogP contribution >= 0.6 is 11.3 Å². The smallest absolute Gasteiger partial charge is 0.129 e. The zero-order chi connectivity index (χ0) is 10.8. The third-order valence-corrected chi connectivity index (χ3v) is 3.18. The largest absolute Gasteiger partial charge is 0.496 e. The molecule has 0 saturated heterocycles. The third-order valence-electron chi connectivity index (χ3n) is 2.19. The maximum Gasteiger partial charge on any atom is 0.129 e. The fraction of sp³-hybridized carbons (Fsp3) is 0.300. The molecule has 4 nitrogen and oxygen atoms in total. The summed E-state index contributed by atoms with van der Waals surface area (Å²) in [4.78, 5) is 1.06. The molecule has 0 aliphatic rings. The van der Waals surface area contributed by atoms with E-state index < -0.39 is 0 Å². The van der Waals surface area contributed by atoms with Crippen LogP contribution in [-0.2, 0) is 7.05 Å². The van der Waals surface area contributed by atoms with Crippen molar-refractivity contribution in [2.45, 2.75) is 6.04 Å². The molecule has 1 unspecified atom stereocenters. The molecular weight excluding hydrogens is 210 g/mol. The van der Waals surface area contributed by atoms with Gasteiger partial charge in [-0.1, -0.05) is 0 Å². The summed E-state index contributed by atoms with van der Waals surface area (Å²) in [5.74, 6) is 0.849. The van der Waals surface area contributed by atoms with Gasteiger partial charge in [0.1, 0.15) is 5.75 Å². The maximum atomic E-state index is 6.08. The number of aryl methyl sites for hydroxylation is 1. The Labute approximate surface area is 92.3 Å². The predicted octanol–water partition coefficient (Wildman–Crippen LogP) is 1.54. The van der Waals surface area contributed by atoms with Crippen LogP contribution in [0.15, 0.2) is 23.7 Å². The van der Waals surface area contributed by atoms with Crippen LogP contribution in [0, 0.1) is 0 Å². The van der Waals surface area contributed by atoms with Crippen LogP contribution in [0.3, 0.4) is 0 Å². The average Bonchev–Trinajstić information content (AvgIpc) is 2.84. The van der Waals surface area contributed by atoms with Gasteiger partial charge >= 0.3 is 0 Å². The highest BCUT2D eigenvalue weighted by Crippen LogP contribution is 2.28. The molecule has 2 heterocycles. The first-order valence-electron chi connectivity index (χ1n) is 4.58. The lowest BCUT2D eigenvalue weighted by molar-refractivity contribution is 0.416. The van der Waals surface area contributed by atoms with Gasteiger partial charge in [-0.25, -0.2) is 0 Å². The van der Waals surface area contributed by atoms with Gasteiger partial charge in [-0.05, 0) is 12.1 Å². The van der Waals surface area contributed by atoms with Crippen molar-refractivity contribution in [1.29, 1.82) is 0 Å². The molecule has 2 aromatic heterocycles. The van der Waals surface area contributed by atoms with E-state index in [1.165, 1.54) is 0 Å². The minimum atomic E-state index is -0.167. The molecule has 2 aromatic rings. The Bertz CT molecular complexity index is 449. The lowest BCUT2D eigenvalue weighted by Gasteiger charge is -2.04. The Morgan fingerprint density at radius 3 is 2.93 bits per heavy atom. The Morgan fingerprint density at radius 1 is 1.60 bits per heavy atom. The number of nitrogens with two attached hydrogens (primary N) is 1. The number of nitrogens with zero attached hydrogens (tertiary/aromatic N) is 2. The molecule has 0 fully saturated rings. The number of aromatic nitrogens is 2. The summed E-state index contributed by atoms with van der Waals surface area (Å²) < 4.78 is 6.87. The minimum absolute atomic E-state index is 0.167. The summed E-state index contributed by atoms with van der Waals surface area (Å²) in [6, 6.07) is 3.71. The van der Waals surface area contributed by atoms with Crippen LogP contribution in [0.5, 0.6) is 5.75 Å². The third kappa shape index (κ3) is 2.03. The average molecular weight is 223 g/mol. The summed E-state index contributed by atoms with van der Waals surface area (Å²) >= 11 is 1.59. The number of thiophene rings is 1. The molecule has 80 valence electrons. The fourth-order valence-electron chi connectivity index (χ4n) is 1.35. The second kappa shape index (κ2) is 4.04. The number of hydrogen-bond acceptors (Lipinski definition) is 4. The van der Waals surface area contributed by atoms with E-state index in [2.05, 4.69) is 5.10 Å². The van der Waals surface area contributed by atoms with Crippen molar-refractivity contribution < 1.29 is 4.74 Å². The van der Waals surface area contributed by atoms with Crippen LogP contribution in [0.1, 0.15) is 16.6 Å². The molecule has 1 atom stereocenters. The van der Waals surface area contributed by atoms with E-state index in [9.17, 15) is 0 Å². The highest BCUT2D eigenvalue weighted by Gasteiger charge is 2.14. The summed E-state index contributed by atoms with van der Waals surface area (Å²) in [7, 11) is 3.53. The molecule has 0 bridgehead atoms. The van der Waals surface area contributed by atoms with Gasteiger partial charge in [-0.2, -0.15) is 5.10 Å². The molecule has 0 aliphatic carbocycles. The van der Waals surface area contributed by atoms with E-state index >= 15 is 0 Å². The molecular formula is C10H13N3OS. The number of rotatable bonds is 3. The van der Waals surface area contributed by atoms with Crippen molar-refractivity contribution in [3.63, 3.8) is 0 Å². The molecule has 2 N–H and O–H groups in total. The summed E-state index contributed by atoms with van der Waals surface area (Å²) in [6.07, 6.45) is 1.89. The zero-order valence-electron chi connectivity index (χ0n) is 8.68. The van der Waals surface area contributed by atoms with Crippen molar-refractivity contribution in [2.75, 3.05) is 7.11 Å². The van der Waals surface area contributed by atoms with Crippen molar-refractivity contribution in [2.24, 2.45) is 12.8 Å². The van der Waals surface area contributed by atoms with Crippen LogP contribution in [0.2, 0.25) is 0 Å². The van der Waals surface area contributed by atoms with Crippen LogP contribution in [0.4, 0.5) is 0 Å². The first-order chi connectivity index (χ1) is 7.20. The molecule has 0 amide bonds. The van der Waals surface area contributed by atoms with Gasteiger partial charge in [0.15, 0.2) is 0 Å². The van der Waals surface area contributed by atoms with Crippen molar-refractivity contribution >= 4 is 11.3 Å². The SMILES string of the molecule is COc1csc(C(N)c2ccn(C)n2)c1. The predicted molar refractivity (Wildman–Crippen MR) is 60.1 cm³/mol. The Hall–Kier alpha value is -1.33. The van der Waals surface area contributed by atoms with E-state index in [1.807, 2.05) is 30.8 Å². The maximum absolute atomic E-state index is 6.08. The standard InChI is InChI=1S/C10H13N3OS/c1-13-4-3-8(12-13)10(11)9-5-7(14-2)6-15-9/h3-6,10H,11H2,1-2H3. The van der Waals surface area contributed by atoms with Crippen LogP contribution in [0.25, 0.3) is 0 Å². The fourth-order valence-corrected chi connectivity index (χ4v) is 2.22. The number of methoxy groups -OCH3 is 1. The van der Waals surface area contributed by atoms with Gasteiger partial charge in [0, 0.05) is 23.5 Å². The highest BCUT2D eigenvalue weighted by molar-refractivity contribution is 7.10. The first kappa shape index (κ1) is 10.2. The number of hydrogen-bond donors (Lipinski definition) is 1. The van der Waals surface area contributed by atoms with E-state index in [4.69, 9.17) is 10.5 Å². The summed E-state index contributed by atoms with van der Waals surface area (Å²) in [5, 5.41) is 6.22. The van der Waals surface area contributed by atoms with Gasteiger partial charge in [0.05, 0.1) is 18.8 Å². The second-order valence-corrected chi connectivity index (χ2v) is 4.22. The zero-order valence-corrected chi connectivity index (χ0v) is 9.49. The first-order valence-corrected chi connectivity index (χ1v) is 5.46. The molecule has 0 spiro atoms. The normalized spacial score (nSPS) is 12.7. The van der Waals surface area contributed by atoms with Gasteiger partial charge in [0.25, 0.3) is 0 Å². The lowest BCUT2D eigenvalue weighted by atomic mass is 10.2. The minimum Gasteiger partial charge on any atom is -0.496 e. The van der Waals surface area contributed by atoms with E-state index in [-0.39, 0.29) is 6.04 Å². The number of ether oxygens (including phenoxy) is 1. The van der Waals surface area contributed by atoms with Gasteiger partial charge < -0.3 is 10.5 Å². The van der Waals surface area contributed by atoms with Gasteiger partial charge in [-0.15, -0.1) is 11.3 Å². The quantitative estimate of drug-likeness (QED) is 0.858. The molecule has 0 radical (unpaired) electrons. The van der Waals surface area contributed by atoms with E-state index in [0.717, 1.165) is 16.3 Å². The molecule has 2 rings (SSSR count). The van der Waals surface area contributed by atoms with Crippen molar-refractivity contribution in [3.8, 4) is 5.75 Å². The van der Waals surface area contributed by atoms with E-state index in [0.29, 0.717) is 0 Å². The Kier molecular flexibility index (Phi) is 2.75. The molecule has 5 heteroatoms. The van der Waals surface area contributed by atoms with Crippen molar-refractivity contribution in [1.82, 2.24) is 9.78 Å². The van der Waals surface area contributed by atoms with Gasteiger partial charge in [0.2, 0.25) is 0 Å². The Balaban J connectivity index is 2.23. The Morgan fingerprint density at radius 2 is 2.40 bits per heavy atom. The topological polar surface area (TPSA) is 53.1 Å². The lowest BCUT2D eigenvalue weighted by Crippen LogP contribution is -2.11. The molecule has 15 heavy (non-hydrogen) atoms. The summed E-state index contributed by atoms with van der Waals surface area (Å²) in [5.41, 5.74) is 6.95. The second-order valence-electron chi connectivity index (χ2n) is 3.28. The van der Waals surface area contributed by atoms with E-state index in [1.54, 1.807) is 23.1 Å². The molecule has 0 saturated carbocycles. The highest BCUT2D eigenvalue weighted by atomic mass is 32.1.